The molecule has 2 heterocycles. The van der Waals surface area contributed by atoms with Crippen molar-refractivity contribution in [1.29, 1.82) is 0 Å². The van der Waals surface area contributed by atoms with E-state index in [-0.39, 0.29) is 17.0 Å². The van der Waals surface area contributed by atoms with Gasteiger partial charge in [-0.1, -0.05) is 28.1 Å². The van der Waals surface area contributed by atoms with E-state index in [2.05, 4.69) is 26.2 Å². The van der Waals surface area contributed by atoms with Crippen LogP contribution in [0.4, 0.5) is 10.8 Å². The lowest BCUT2D eigenvalue weighted by Crippen LogP contribution is -2.40. The van der Waals surface area contributed by atoms with E-state index < -0.39 is 10.0 Å². The first-order chi connectivity index (χ1) is 13.5. The molecule has 2 aromatic carbocycles. The van der Waals surface area contributed by atoms with Gasteiger partial charge in [0.2, 0.25) is 10.0 Å². The summed E-state index contributed by atoms with van der Waals surface area (Å²) in [5.74, 6) is 0. The molecule has 1 saturated heterocycles. The fourth-order valence-electron chi connectivity index (χ4n) is 2.85. The minimum atomic E-state index is -3.48. The largest absolute Gasteiger partial charge is 0.379 e. The van der Waals surface area contributed by atoms with Crippen molar-refractivity contribution in [3.8, 4) is 11.3 Å². The maximum Gasteiger partial charge on any atom is 0.243 e. The van der Waals surface area contributed by atoms with Gasteiger partial charge in [0.05, 0.1) is 23.8 Å². The van der Waals surface area contributed by atoms with Crippen molar-refractivity contribution in [2.45, 2.75) is 4.90 Å². The normalized spacial score (nSPS) is 14.9. The Morgan fingerprint density at radius 3 is 2.34 bits per heavy atom. The fraction of sp³-hybridized carbons (Fsp3) is 0.211. The molecule has 29 heavy (non-hydrogen) atoms. The van der Waals surface area contributed by atoms with Gasteiger partial charge in [0.15, 0.2) is 5.13 Å². The van der Waals surface area contributed by atoms with Crippen LogP contribution in [0.1, 0.15) is 0 Å². The van der Waals surface area contributed by atoms with Crippen LogP contribution in [-0.4, -0.2) is 44.0 Å². The number of nitrogens with zero attached hydrogens (tertiary/aromatic N) is 2. The van der Waals surface area contributed by atoms with Crippen LogP contribution < -0.4 is 5.32 Å². The lowest BCUT2D eigenvalue weighted by molar-refractivity contribution is 0.0730. The molecular weight excluding hydrogens is 542 g/mol. The molecule has 0 saturated carbocycles. The molecule has 1 aliphatic heterocycles. The molecule has 0 aliphatic carbocycles. The van der Waals surface area contributed by atoms with Gasteiger partial charge >= 0.3 is 0 Å². The highest BCUT2D eigenvalue weighted by atomic mass is 79.9. The third-order valence-corrected chi connectivity index (χ3v) is 7.56. The summed E-state index contributed by atoms with van der Waals surface area (Å²) in [6, 6.07) is 14.7. The summed E-state index contributed by atoms with van der Waals surface area (Å²) in [5.41, 5.74) is 2.64. The second-order valence-corrected chi connectivity index (χ2v) is 9.92. The summed E-state index contributed by atoms with van der Waals surface area (Å²) in [4.78, 5) is 4.89. The van der Waals surface area contributed by atoms with Crippen LogP contribution in [0, 0.1) is 0 Å². The zero-order valence-electron chi connectivity index (χ0n) is 15.2. The minimum absolute atomic E-state index is 0. The lowest BCUT2D eigenvalue weighted by atomic mass is 10.2. The van der Waals surface area contributed by atoms with Crippen molar-refractivity contribution in [2.24, 2.45) is 0 Å². The number of hydrogen-bond acceptors (Lipinski definition) is 6. The van der Waals surface area contributed by atoms with Crippen LogP contribution in [0.15, 0.2) is 63.3 Å². The van der Waals surface area contributed by atoms with Crippen molar-refractivity contribution >= 4 is 65.1 Å². The Balaban J connectivity index is 0.00000240. The summed E-state index contributed by atoms with van der Waals surface area (Å²) in [6.45, 7) is 1.65. The predicted octanol–water partition coefficient (Wildman–Crippen LogP) is 4.92. The first kappa shape index (κ1) is 22.4. The third-order valence-electron chi connectivity index (χ3n) is 4.36. The molecule has 0 radical (unpaired) electrons. The molecule has 4 rings (SSSR count). The second-order valence-electron chi connectivity index (χ2n) is 6.21. The van der Waals surface area contributed by atoms with Crippen LogP contribution in [0.5, 0.6) is 0 Å². The van der Waals surface area contributed by atoms with Gasteiger partial charge in [-0.3, -0.25) is 0 Å². The Morgan fingerprint density at radius 2 is 1.69 bits per heavy atom. The highest BCUT2D eigenvalue weighted by molar-refractivity contribution is 9.10. The molecule has 0 atom stereocenters. The number of hydrogen-bond donors (Lipinski definition) is 1. The number of benzene rings is 2. The van der Waals surface area contributed by atoms with Gasteiger partial charge in [-0.2, -0.15) is 4.31 Å². The van der Waals surface area contributed by atoms with Crippen LogP contribution in [0.25, 0.3) is 11.3 Å². The SMILES string of the molecule is Br.O=S(=O)(c1ccc(-c2csc(Nc3ccc(Br)cc3)n2)cc1)N1CCOCC1. The summed E-state index contributed by atoms with van der Waals surface area (Å²) >= 11 is 4.92. The number of anilines is 2. The van der Waals surface area contributed by atoms with E-state index in [0.717, 1.165) is 26.5 Å². The molecule has 0 spiro atoms. The summed E-state index contributed by atoms with van der Waals surface area (Å²) in [6.07, 6.45) is 0. The van der Waals surface area contributed by atoms with E-state index in [9.17, 15) is 8.42 Å². The molecule has 1 aliphatic rings. The summed E-state index contributed by atoms with van der Waals surface area (Å²) < 4.78 is 33.1. The predicted molar refractivity (Wildman–Crippen MR) is 125 cm³/mol. The van der Waals surface area contributed by atoms with Crippen molar-refractivity contribution in [3.05, 3.63) is 58.4 Å². The Morgan fingerprint density at radius 1 is 1.03 bits per heavy atom. The summed E-state index contributed by atoms with van der Waals surface area (Å²) in [7, 11) is -3.48. The van der Waals surface area contributed by atoms with Gasteiger partial charge in [-0.05, 0) is 36.4 Å². The zero-order chi connectivity index (χ0) is 19.6. The molecule has 10 heteroatoms. The van der Waals surface area contributed by atoms with E-state index in [1.54, 1.807) is 24.3 Å². The molecule has 0 amide bonds. The summed E-state index contributed by atoms with van der Waals surface area (Å²) in [5, 5.41) is 6.00. The van der Waals surface area contributed by atoms with Gasteiger partial charge in [-0.15, -0.1) is 28.3 Å². The maximum absolute atomic E-state index is 12.7. The van der Waals surface area contributed by atoms with Crippen molar-refractivity contribution in [3.63, 3.8) is 0 Å². The molecule has 1 N–H and O–H groups in total. The molecule has 154 valence electrons. The van der Waals surface area contributed by atoms with Crippen LogP contribution in [-0.2, 0) is 14.8 Å². The zero-order valence-corrected chi connectivity index (χ0v) is 20.2. The van der Waals surface area contributed by atoms with Crippen LogP contribution >= 0.6 is 44.2 Å². The maximum atomic E-state index is 12.7. The number of halogens is 2. The number of sulfonamides is 1. The van der Waals surface area contributed by atoms with Crippen molar-refractivity contribution in [2.75, 3.05) is 31.6 Å². The van der Waals surface area contributed by atoms with Gasteiger partial charge in [0, 0.05) is 34.2 Å². The van der Waals surface area contributed by atoms with Gasteiger partial charge < -0.3 is 10.1 Å². The van der Waals surface area contributed by atoms with Gasteiger partial charge in [-0.25, -0.2) is 13.4 Å². The first-order valence-electron chi connectivity index (χ1n) is 8.69. The molecule has 1 aromatic heterocycles. The number of ether oxygens (including phenoxy) is 1. The van der Waals surface area contributed by atoms with E-state index in [4.69, 9.17) is 4.74 Å². The van der Waals surface area contributed by atoms with E-state index >= 15 is 0 Å². The van der Waals surface area contributed by atoms with Gasteiger partial charge in [0.1, 0.15) is 0 Å². The number of morpholine rings is 1. The average Bonchev–Trinajstić information content (AvgIpc) is 3.19. The highest BCUT2D eigenvalue weighted by Gasteiger charge is 2.26. The quantitative estimate of drug-likeness (QED) is 0.480. The highest BCUT2D eigenvalue weighted by Crippen LogP contribution is 2.29. The molecule has 0 bridgehead atoms. The third kappa shape index (κ3) is 5.25. The lowest BCUT2D eigenvalue weighted by Gasteiger charge is -2.26. The van der Waals surface area contributed by atoms with Crippen LogP contribution in [0.3, 0.4) is 0 Å². The van der Waals surface area contributed by atoms with E-state index in [0.29, 0.717) is 31.2 Å². The standard InChI is InChI=1S/C19H18BrN3O3S2.BrH/c20-15-3-5-16(6-4-15)21-19-22-18(13-27-19)14-1-7-17(8-2-14)28(24,25)23-9-11-26-12-10-23;/h1-8,13H,9-12H2,(H,21,22);1H. The Labute approximate surface area is 192 Å². The number of nitrogens with one attached hydrogen (secondary N) is 1. The number of aromatic nitrogens is 1. The molecule has 0 unspecified atom stereocenters. The number of rotatable bonds is 5. The van der Waals surface area contributed by atoms with Crippen molar-refractivity contribution in [1.82, 2.24) is 9.29 Å². The number of thiazole rings is 1. The van der Waals surface area contributed by atoms with E-state index in [1.807, 2.05) is 29.6 Å². The van der Waals surface area contributed by atoms with Crippen LogP contribution in [0.2, 0.25) is 0 Å². The topological polar surface area (TPSA) is 71.5 Å². The minimum Gasteiger partial charge on any atom is -0.379 e. The Kier molecular flexibility index (Phi) is 7.47. The molecule has 1 fully saturated rings. The first-order valence-corrected chi connectivity index (χ1v) is 11.8. The average molecular weight is 561 g/mol. The van der Waals surface area contributed by atoms with Crippen molar-refractivity contribution < 1.29 is 13.2 Å². The molecule has 6 nitrogen and oxygen atoms in total. The van der Waals surface area contributed by atoms with E-state index in [1.165, 1.54) is 15.6 Å². The Bertz CT molecular complexity index is 1050. The fourth-order valence-corrected chi connectivity index (χ4v) is 5.27. The smallest absolute Gasteiger partial charge is 0.243 e. The monoisotopic (exact) mass is 559 g/mol. The van der Waals surface area contributed by atoms with Gasteiger partial charge in [0.25, 0.3) is 0 Å². The second kappa shape index (κ2) is 9.67. The molecule has 3 aromatic rings. The molecular formula is C19H19Br2N3O3S2. The Hall–Kier alpha value is -1.30.